The first kappa shape index (κ1) is 13.0. The molecule has 2 aromatic rings. The molecule has 96 valence electrons. The third-order valence-corrected chi connectivity index (χ3v) is 2.98. The van der Waals surface area contributed by atoms with E-state index in [1.165, 1.54) is 0 Å². The normalized spacial score (nSPS) is 11.8. The van der Waals surface area contributed by atoms with Crippen molar-refractivity contribution in [3.05, 3.63) is 71.3 Å². The van der Waals surface area contributed by atoms with Crippen LogP contribution in [0.2, 0.25) is 0 Å². The summed E-state index contributed by atoms with van der Waals surface area (Å²) in [4.78, 5) is 23.7. The van der Waals surface area contributed by atoms with Crippen LogP contribution in [0.25, 0.3) is 0 Å². The lowest BCUT2D eigenvalue weighted by atomic mass is 9.90. The summed E-state index contributed by atoms with van der Waals surface area (Å²) in [6, 6.07) is 15.5. The predicted molar refractivity (Wildman–Crippen MR) is 72.3 cm³/mol. The Morgan fingerprint density at radius 3 is 2.05 bits per heavy atom. The van der Waals surface area contributed by atoms with E-state index in [1.54, 1.807) is 42.5 Å². The Balaban J connectivity index is 2.39. The number of carboxylic acid groups (broad SMARTS) is 1. The molecular formula is C16H14O3. The van der Waals surface area contributed by atoms with Crippen LogP contribution in [0.5, 0.6) is 0 Å². The van der Waals surface area contributed by atoms with Crippen molar-refractivity contribution < 1.29 is 14.7 Å². The van der Waals surface area contributed by atoms with E-state index in [4.69, 9.17) is 0 Å². The number of carbonyl (C=O) groups excluding carboxylic acids is 1. The van der Waals surface area contributed by atoms with Gasteiger partial charge in [-0.3, -0.25) is 9.59 Å². The molecular weight excluding hydrogens is 240 g/mol. The molecule has 2 aromatic carbocycles. The van der Waals surface area contributed by atoms with Gasteiger partial charge in [-0.2, -0.15) is 0 Å². The van der Waals surface area contributed by atoms with Crippen molar-refractivity contribution in [3.63, 3.8) is 0 Å². The van der Waals surface area contributed by atoms with Crippen molar-refractivity contribution in [3.8, 4) is 0 Å². The van der Waals surface area contributed by atoms with Gasteiger partial charge in [0.05, 0.1) is 0 Å². The standard InChI is InChI=1S/C16H14O3/c1-11-7-9-12(10-8-11)14(16(18)19)15(17)13-5-3-2-4-6-13/h2-10,14H,1H3,(H,18,19). The summed E-state index contributed by atoms with van der Waals surface area (Å²) in [6.07, 6.45) is 0. The first-order valence-corrected chi connectivity index (χ1v) is 5.98. The molecule has 3 heteroatoms. The van der Waals surface area contributed by atoms with Gasteiger partial charge in [0.25, 0.3) is 0 Å². The smallest absolute Gasteiger partial charge is 0.318 e. The van der Waals surface area contributed by atoms with Gasteiger partial charge in [0.2, 0.25) is 0 Å². The number of rotatable bonds is 4. The number of aliphatic carboxylic acids is 1. The zero-order valence-electron chi connectivity index (χ0n) is 10.5. The SMILES string of the molecule is Cc1ccc(C(C(=O)O)C(=O)c2ccccc2)cc1. The van der Waals surface area contributed by atoms with Crippen LogP contribution in [0.15, 0.2) is 54.6 Å². The molecule has 0 fully saturated rings. The highest BCUT2D eigenvalue weighted by Crippen LogP contribution is 2.22. The molecule has 0 radical (unpaired) electrons. The van der Waals surface area contributed by atoms with E-state index < -0.39 is 17.7 Å². The van der Waals surface area contributed by atoms with Gasteiger partial charge in [-0.15, -0.1) is 0 Å². The Morgan fingerprint density at radius 2 is 1.53 bits per heavy atom. The highest BCUT2D eigenvalue weighted by atomic mass is 16.4. The number of carbonyl (C=O) groups is 2. The van der Waals surface area contributed by atoms with Crippen LogP contribution in [0.4, 0.5) is 0 Å². The molecule has 0 saturated carbocycles. The fourth-order valence-electron chi connectivity index (χ4n) is 1.93. The van der Waals surface area contributed by atoms with Gasteiger partial charge in [-0.1, -0.05) is 60.2 Å². The van der Waals surface area contributed by atoms with Gasteiger partial charge in [0.15, 0.2) is 5.78 Å². The Bertz CT molecular complexity index is 585. The molecule has 0 aliphatic rings. The zero-order chi connectivity index (χ0) is 13.8. The number of benzene rings is 2. The summed E-state index contributed by atoms with van der Waals surface area (Å²) in [5, 5.41) is 9.31. The predicted octanol–water partition coefficient (Wildman–Crippen LogP) is 3.05. The van der Waals surface area contributed by atoms with E-state index in [0.29, 0.717) is 11.1 Å². The molecule has 3 nitrogen and oxygen atoms in total. The van der Waals surface area contributed by atoms with Gasteiger partial charge in [0, 0.05) is 5.56 Å². The fraction of sp³-hybridized carbons (Fsp3) is 0.125. The van der Waals surface area contributed by atoms with E-state index in [-0.39, 0.29) is 0 Å². The summed E-state index contributed by atoms with van der Waals surface area (Å²) in [7, 11) is 0. The molecule has 0 saturated heterocycles. The molecule has 0 heterocycles. The Morgan fingerprint density at radius 1 is 0.947 bits per heavy atom. The second-order valence-corrected chi connectivity index (χ2v) is 4.41. The molecule has 0 aliphatic carbocycles. The maximum absolute atomic E-state index is 12.3. The minimum absolute atomic E-state index is 0.392. The monoisotopic (exact) mass is 254 g/mol. The topological polar surface area (TPSA) is 54.4 Å². The van der Waals surface area contributed by atoms with E-state index in [1.807, 2.05) is 19.1 Å². The van der Waals surface area contributed by atoms with Crippen LogP contribution < -0.4 is 0 Å². The number of hydrogen-bond acceptors (Lipinski definition) is 2. The highest BCUT2D eigenvalue weighted by molar-refractivity contribution is 6.12. The maximum Gasteiger partial charge on any atom is 0.318 e. The van der Waals surface area contributed by atoms with E-state index in [9.17, 15) is 14.7 Å². The second kappa shape index (κ2) is 5.48. The second-order valence-electron chi connectivity index (χ2n) is 4.41. The van der Waals surface area contributed by atoms with Crippen LogP contribution in [0, 0.1) is 6.92 Å². The molecule has 1 unspecified atom stereocenters. The quantitative estimate of drug-likeness (QED) is 0.674. The van der Waals surface area contributed by atoms with Crippen molar-refractivity contribution in [2.75, 3.05) is 0 Å². The number of aryl methyl sites for hydroxylation is 1. The molecule has 2 rings (SSSR count). The lowest BCUT2D eigenvalue weighted by Crippen LogP contribution is -2.21. The first-order valence-electron chi connectivity index (χ1n) is 5.98. The molecule has 0 bridgehead atoms. The fourth-order valence-corrected chi connectivity index (χ4v) is 1.93. The zero-order valence-corrected chi connectivity index (χ0v) is 10.5. The summed E-state index contributed by atoms with van der Waals surface area (Å²) in [5.74, 6) is -2.67. The van der Waals surface area contributed by atoms with E-state index in [2.05, 4.69) is 0 Å². The molecule has 0 spiro atoms. The number of Topliss-reactive ketones (excluding diaryl/α,β-unsaturated/α-hetero) is 1. The summed E-state index contributed by atoms with van der Waals surface area (Å²) < 4.78 is 0. The highest BCUT2D eigenvalue weighted by Gasteiger charge is 2.28. The summed E-state index contributed by atoms with van der Waals surface area (Å²) >= 11 is 0. The molecule has 19 heavy (non-hydrogen) atoms. The molecule has 0 aromatic heterocycles. The van der Waals surface area contributed by atoms with E-state index in [0.717, 1.165) is 5.56 Å². The summed E-state index contributed by atoms with van der Waals surface area (Å²) in [5.41, 5.74) is 1.95. The molecule has 0 aliphatic heterocycles. The van der Waals surface area contributed by atoms with Crippen LogP contribution in [-0.4, -0.2) is 16.9 Å². The Hall–Kier alpha value is -2.42. The van der Waals surface area contributed by atoms with Gasteiger partial charge in [-0.25, -0.2) is 0 Å². The van der Waals surface area contributed by atoms with Gasteiger partial charge in [0.1, 0.15) is 5.92 Å². The lowest BCUT2D eigenvalue weighted by molar-refractivity contribution is -0.137. The van der Waals surface area contributed by atoms with Gasteiger partial charge in [-0.05, 0) is 12.5 Å². The number of carboxylic acids is 1. The summed E-state index contributed by atoms with van der Waals surface area (Å²) in [6.45, 7) is 1.92. The number of ketones is 1. The largest absolute Gasteiger partial charge is 0.480 e. The van der Waals surface area contributed by atoms with Crippen molar-refractivity contribution in [1.82, 2.24) is 0 Å². The lowest BCUT2D eigenvalue weighted by Gasteiger charge is -2.12. The van der Waals surface area contributed by atoms with Crippen molar-refractivity contribution >= 4 is 11.8 Å². The minimum atomic E-state index is -1.15. The average Bonchev–Trinajstić information content (AvgIpc) is 2.42. The minimum Gasteiger partial charge on any atom is -0.480 e. The van der Waals surface area contributed by atoms with Crippen LogP contribution in [0.3, 0.4) is 0 Å². The van der Waals surface area contributed by atoms with Crippen molar-refractivity contribution in [2.24, 2.45) is 0 Å². The Kier molecular flexibility index (Phi) is 3.76. The van der Waals surface area contributed by atoms with Gasteiger partial charge >= 0.3 is 5.97 Å². The molecule has 0 amide bonds. The Labute approximate surface area is 111 Å². The third kappa shape index (κ3) is 2.88. The van der Waals surface area contributed by atoms with Gasteiger partial charge < -0.3 is 5.11 Å². The first-order chi connectivity index (χ1) is 9.09. The number of hydrogen-bond donors (Lipinski definition) is 1. The average molecular weight is 254 g/mol. The van der Waals surface area contributed by atoms with Crippen molar-refractivity contribution in [2.45, 2.75) is 12.8 Å². The third-order valence-electron chi connectivity index (χ3n) is 2.98. The maximum atomic E-state index is 12.3. The van der Waals surface area contributed by atoms with Crippen LogP contribution in [0.1, 0.15) is 27.4 Å². The molecule has 1 atom stereocenters. The molecule has 1 N–H and O–H groups in total. The van der Waals surface area contributed by atoms with E-state index >= 15 is 0 Å². The van der Waals surface area contributed by atoms with Crippen LogP contribution >= 0.6 is 0 Å². The van der Waals surface area contributed by atoms with Crippen LogP contribution in [-0.2, 0) is 4.79 Å². The van der Waals surface area contributed by atoms with Crippen molar-refractivity contribution in [1.29, 1.82) is 0 Å².